The van der Waals surface area contributed by atoms with Crippen LogP contribution >= 0.6 is 0 Å². The molecule has 1 amide bonds. The van der Waals surface area contributed by atoms with Crippen LogP contribution in [0.4, 0.5) is 0 Å². The van der Waals surface area contributed by atoms with Crippen molar-refractivity contribution in [2.75, 3.05) is 13.1 Å². The Hall–Kier alpha value is -2.29. The third-order valence-corrected chi connectivity index (χ3v) is 3.95. The smallest absolute Gasteiger partial charge is 0.253 e. The minimum absolute atomic E-state index is 0.111. The molecule has 1 fully saturated rings. The van der Waals surface area contributed by atoms with Gasteiger partial charge in [-0.2, -0.15) is 0 Å². The van der Waals surface area contributed by atoms with Gasteiger partial charge in [-0.3, -0.25) is 4.79 Å². The SMILES string of the molecule is O=C(c1cccc(Oc2ccccc2)c1)N1CCCCCC1. The average Bonchev–Trinajstić information content (AvgIpc) is 2.85. The maximum Gasteiger partial charge on any atom is 0.253 e. The molecule has 0 aliphatic carbocycles. The minimum atomic E-state index is 0.111. The molecule has 0 radical (unpaired) electrons. The number of amides is 1. The van der Waals surface area contributed by atoms with Gasteiger partial charge in [0, 0.05) is 18.7 Å². The van der Waals surface area contributed by atoms with Gasteiger partial charge in [0.05, 0.1) is 0 Å². The highest BCUT2D eigenvalue weighted by atomic mass is 16.5. The van der Waals surface area contributed by atoms with Gasteiger partial charge in [-0.1, -0.05) is 37.1 Å². The number of para-hydroxylation sites is 1. The van der Waals surface area contributed by atoms with E-state index in [0.29, 0.717) is 11.3 Å². The van der Waals surface area contributed by atoms with Crippen LogP contribution in [0.2, 0.25) is 0 Å². The summed E-state index contributed by atoms with van der Waals surface area (Å²) in [6.07, 6.45) is 4.65. The van der Waals surface area contributed by atoms with Crippen molar-refractivity contribution < 1.29 is 9.53 Å². The molecule has 0 N–H and O–H groups in total. The van der Waals surface area contributed by atoms with Crippen molar-refractivity contribution in [2.24, 2.45) is 0 Å². The highest BCUT2D eigenvalue weighted by molar-refractivity contribution is 5.94. The molecule has 1 aliphatic heterocycles. The Morgan fingerprint density at radius 2 is 1.50 bits per heavy atom. The van der Waals surface area contributed by atoms with Crippen molar-refractivity contribution in [3.05, 3.63) is 60.2 Å². The molecule has 1 aliphatic rings. The van der Waals surface area contributed by atoms with E-state index in [1.807, 2.05) is 59.5 Å². The van der Waals surface area contributed by atoms with E-state index in [4.69, 9.17) is 4.74 Å². The molecule has 0 atom stereocenters. The molecular formula is C19H21NO2. The number of nitrogens with zero attached hydrogens (tertiary/aromatic N) is 1. The molecule has 22 heavy (non-hydrogen) atoms. The number of carbonyl (C=O) groups is 1. The summed E-state index contributed by atoms with van der Waals surface area (Å²) >= 11 is 0. The first kappa shape index (κ1) is 14.6. The average molecular weight is 295 g/mol. The molecule has 114 valence electrons. The number of benzene rings is 2. The van der Waals surface area contributed by atoms with Crippen molar-refractivity contribution >= 4 is 5.91 Å². The quantitative estimate of drug-likeness (QED) is 0.834. The summed E-state index contributed by atoms with van der Waals surface area (Å²) in [4.78, 5) is 14.6. The van der Waals surface area contributed by atoms with Gasteiger partial charge in [0.25, 0.3) is 5.91 Å². The third-order valence-electron chi connectivity index (χ3n) is 3.95. The highest BCUT2D eigenvalue weighted by Gasteiger charge is 2.17. The lowest BCUT2D eigenvalue weighted by atomic mass is 10.2. The van der Waals surface area contributed by atoms with Gasteiger partial charge in [0.1, 0.15) is 11.5 Å². The summed E-state index contributed by atoms with van der Waals surface area (Å²) in [7, 11) is 0. The van der Waals surface area contributed by atoms with E-state index in [0.717, 1.165) is 31.7 Å². The van der Waals surface area contributed by atoms with Crippen molar-refractivity contribution in [3.63, 3.8) is 0 Å². The van der Waals surface area contributed by atoms with E-state index in [2.05, 4.69) is 0 Å². The van der Waals surface area contributed by atoms with Gasteiger partial charge in [0.2, 0.25) is 0 Å². The fraction of sp³-hybridized carbons (Fsp3) is 0.316. The molecule has 1 saturated heterocycles. The van der Waals surface area contributed by atoms with Crippen molar-refractivity contribution in [2.45, 2.75) is 25.7 Å². The summed E-state index contributed by atoms with van der Waals surface area (Å²) in [5.41, 5.74) is 0.704. The van der Waals surface area contributed by atoms with Gasteiger partial charge in [-0.25, -0.2) is 0 Å². The first-order chi connectivity index (χ1) is 10.8. The van der Waals surface area contributed by atoms with Crippen LogP contribution in [0.5, 0.6) is 11.5 Å². The highest BCUT2D eigenvalue weighted by Crippen LogP contribution is 2.23. The largest absolute Gasteiger partial charge is 0.457 e. The maximum atomic E-state index is 12.6. The molecule has 0 spiro atoms. The molecule has 2 aromatic rings. The lowest BCUT2D eigenvalue weighted by molar-refractivity contribution is 0.0761. The molecule has 1 heterocycles. The van der Waals surface area contributed by atoms with Crippen molar-refractivity contribution in [3.8, 4) is 11.5 Å². The molecule has 3 rings (SSSR count). The summed E-state index contributed by atoms with van der Waals surface area (Å²) in [5, 5.41) is 0. The van der Waals surface area contributed by atoms with Crippen LogP contribution in [0.3, 0.4) is 0 Å². The zero-order chi connectivity index (χ0) is 15.2. The molecule has 3 nitrogen and oxygen atoms in total. The Bertz CT molecular complexity index is 616. The van der Waals surface area contributed by atoms with E-state index in [-0.39, 0.29) is 5.91 Å². The van der Waals surface area contributed by atoms with Gasteiger partial charge < -0.3 is 9.64 Å². The molecule has 2 aromatic carbocycles. The molecular weight excluding hydrogens is 274 g/mol. The fourth-order valence-corrected chi connectivity index (χ4v) is 2.77. The van der Waals surface area contributed by atoms with Gasteiger partial charge in [0.15, 0.2) is 0 Å². The van der Waals surface area contributed by atoms with Gasteiger partial charge in [-0.05, 0) is 43.2 Å². The van der Waals surface area contributed by atoms with Crippen LogP contribution in [0.25, 0.3) is 0 Å². The number of rotatable bonds is 3. The van der Waals surface area contributed by atoms with Gasteiger partial charge >= 0.3 is 0 Å². The number of hydrogen-bond donors (Lipinski definition) is 0. The topological polar surface area (TPSA) is 29.5 Å². The van der Waals surface area contributed by atoms with E-state index in [1.54, 1.807) is 0 Å². The molecule has 0 aromatic heterocycles. The number of likely N-dealkylation sites (tertiary alicyclic amines) is 1. The first-order valence-electron chi connectivity index (χ1n) is 7.95. The van der Waals surface area contributed by atoms with E-state index in [9.17, 15) is 4.79 Å². The van der Waals surface area contributed by atoms with Crippen LogP contribution in [0, 0.1) is 0 Å². The second kappa shape index (κ2) is 7.12. The van der Waals surface area contributed by atoms with Crippen LogP contribution in [-0.4, -0.2) is 23.9 Å². The first-order valence-corrected chi connectivity index (χ1v) is 7.95. The second-order valence-corrected chi connectivity index (χ2v) is 5.65. The van der Waals surface area contributed by atoms with Gasteiger partial charge in [-0.15, -0.1) is 0 Å². The lowest BCUT2D eigenvalue weighted by Crippen LogP contribution is -2.31. The summed E-state index contributed by atoms with van der Waals surface area (Å²) in [6, 6.07) is 17.1. The zero-order valence-electron chi connectivity index (χ0n) is 12.7. The number of carbonyl (C=O) groups excluding carboxylic acids is 1. The number of ether oxygens (including phenoxy) is 1. The normalized spacial score (nSPS) is 15.2. The van der Waals surface area contributed by atoms with Crippen molar-refractivity contribution in [1.29, 1.82) is 0 Å². The van der Waals surface area contributed by atoms with E-state index >= 15 is 0 Å². The molecule has 3 heteroatoms. The predicted octanol–water partition coefficient (Wildman–Crippen LogP) is 4.50. The molecule has 0 bridgehead atoms. The minimum Gasteiger partial charge on any atom is -0.457 e. The fourth-order valence-electron chi connectivity index (χ4n) is 2.77. The van der Waals surface area contributed by atoms with Crippen LogP contribution < -0.4 is 4.74 Å². The number of hydrogen-bond acceptors (Lipinski definition) is 2. The third kappa shape index (κ3) is 3.67. The summed E-state index contributed by atoms with van der Waals surface area (Å²) < 4.78 is 5.81. The van der Waals surface area contributed by atoms with E-state index in [1.165, 1.54) is 12.8 Å². The van der Waals surface area contributed by atoms with Crippen molar-refractivity contribution in [1.82, 2.24) is 4.90 Å². The lowest BCUT2D eigenvalue weighted by Gasteiger charge is -2.20. The monoisotopic (exact) mass is 295 g/mol. The Balaban J connectivity index is 1.74. The predicted molar refractivity (Wildman–Crippen MR) is 87.3 cm³/mol. The zero-order valence-corrected chi connectivity index (χ0v) is 12.7. The summed E-state index contributed by atoms with van der Waals surface area (Å²) in [5.74, 6) is 1.59. The van der Waals surface area contributed by atoms with Crippen LogP contribution in [-0.2, 0) is 0 Å². The summed E-state index contributed by atoms with van der Waals surface area (Å²) in [6.45, 7) is 1.73. The molecule has 0 unspecified atom stereocenters. The Morgan fingerprint density at radius 3 is 2.23 bits per heavy atom. The van der Waals surface area contributed by atoms with Crippen LogP contribution in [0.15, 0.2) is 54.6 Å². The standard InChI is InChI=1S/C19H21NO2/c21-19(20-13-6-1-2-7-14-20)16-9-8-12-18(15-16)22-17-10-4-3-5-11-17/h3-5,8-12,15H,1-2,6-7,13-14H2. The Kier molecular flexibility index (Phi) is 4.74. The molecule has 0 saturated carbocycles. The van der Waals surface area contributed by atoms with E-state index < -0.39 is 0 Å². The second-order valence-electron chi connectivity index (χ2n) is 5.65. The Morgan fingerprint density at radius 1 is 0.818 bits per heavy atom. The van der Waals surface area contributed by atoms with Crippen LogP contribution in [0.1, 0.15) is 36.0 Å². The Labute approximate surface area is 131 Å². The maximum absolute atomic E-state index is 12.6.